The highest BCUT2D eigenvalue weighted by Gasteiger charge is 2.37. The largest absolute Gasteiger partial charge is 0.355 e. The molecule has 1 atom stereocenters. The maximum atomic E-state index is 13.7. The molecule has 1 fully saturated rings. The van der Waals surface area contributed by atoms with E-state index in [4.69, 9.17) is 4.52 Å². The molecule has 0 spiro atoms. The normalized spacial score (nSPS) is 17.1. The van der Waals surface area contributed by atoms with Gasteiger partial charge in [0.2, 0.25) is 15.9 Å². The molecule has 0 bridgehead atoms. The lowest BCUT2D eigenvalue weighted by atomic mass is 9.98. The Morgan fingerprint density at radius 2 is 1.66 bits per heavy atom. The van der Waals surface area contributed by atoms with Gasteiger partial charge in [0.05, 0.1) is 5.92 Å². The van der Waals surface area contributed by atoms with Gasteiger partial charge in [-0.25, -0.2) is 8.42 Å². The van der Waals surface area contributed by atoms with E-state index in [9.17, 15) is 13.2 Å². The van der Waals surface area contributed by atoms with Crippen molar-refractivity contribution in [2.75, 3.05) is 25.0 Å². The van der Waals surface area contributed by atoms with Gasteiger partial charge in [-0.3, -0.25) is 4.79 Å². The third-order valence-corrected chi connectivity index (χ3v) is 8.44. The van der Waals surface area contributed by atoms with Crippen LogP contribution in [0.15, 0.2) is 57.9 Å². The minimum Gasteiger partial charge on any atom is -0.355 e. The van der Waals surface area contributed by atoms with Crippen molar-refractivity contribution in [3.05, 3.63) is 76.7 Å². The van der Waals surface area contributed by atoms with Gasteiger partial charge in [-0.15, -0.1) is 0 Å². The molecule has 8 heteroatoms. The number of rotatable bonds is 6. The zero-order chi connectivity index (χ0) is 25.2. The number of benzene rings is 2. The van der Waals surface area contributed by atoms with Crippen LogP contribution >= 0.6 is 0 Å². The summed E-state index contributed by atoms with van der Waals surface area (Å²) in [6, 6.07) is 15.6. The first-order valence-electron chi connectivity index (χ1n) is 11.7. The molecule has 4 rings (SSSR count). The minimum absolute atomic E-state index is 0.0563. The van der Waals surface area contributed by atoms with E-state index >= 15 is 0 Å². The number of sulfonamides is 1. The van der Waals surface area contributed by atoms with Gasteiger partial charge >= 0.3 is 0 Å². The summed E-state index contributed by atoms with van der Waals surface area (Å²) in [6.07, 6.45) is 4.69. The lowest BCUT2D eigenvalue weighted by molar-refractivity contribution is -0.123. The van der Waals surface area contributed by atoms with Crippen LogP contribution in [-0.2, 0) is 14.8 Å². The number of anilines is 1. The predicted octanol–water partition coefficient (Wildman–Crippen LogP) is 4.83. The second kappa shape index (κ2) is 10.2. The topological polar surface area (TPSA) is 83.7 Å². The molecule has 1 aromatic heterocycles. The minimum atomic E-state index is -3.90. The van der Waals surface area contributed by atoms with Gasteiger partial charge in [-0.1, -0.05) is 58.8 Å². The zero-order valence-corrected chi connectivity index (χ0v) is 21.4. The van der Waals surface area contributed by atoms with E-state index in [2.05, 4.69) is 5.16 Å². The van der Waals surface area contributed by atoms with Crippen molar-refractivity contribution in [3.8, 4) is 0 Å². The standard InChI is InChI=1S/C27H31N3O4S/c1-19-7-11-22(12-8-19)13-16-25-26(21(3)28-34-25)35(32,33)30-17-5-6-23(18-30)27(31)29(4)24-14-9-20(2)10-15-24/h7-16,23H,5-6,17-18H2,1-4H3. The molecular formula is C27H31N3O4S. The molecule has 3 aromatic rings. The van der Waals surface area contributed by atoms with Crippen molar-refractivity contribution in [3.63, 3.8) is 0 Å². The Morgan fingerprint density at radius 3 is 2.31 bits per heavy atom. The highest BCUT2D eigenvalue weighted by molar-refractivity contribution is 7.89. The molecule has 0 aliphatic carbocycles. The van der Waals surface area contributed by atoms with Crippen LogP contribution in [0.4, 0.5) is 5.69 Å². The summed E-state index contributed by atoms with van der Waals surface area (Å²) >= 11 is 0. The summed E-state index contributed by atoms with van der Waals surface area (Å²) in [4.78, 5) is 14.9. The van der Waals surface area contributed by atoms with E-state index in [1.54, 1.807) is 31.0 Å². The van der Waals surface area contributed by atoms with Crippen molar-refractivity contribution >= 4 is 33.8 Å². The summed E-state index contributed by atoms with van der Waals surface area (Å²) < 4.78 is 34.1. The van der Waals surface area contributed by atoms with Crippen LogP contribution in [0.1, 0.15) is 41.0 Å². The first kappa shape index (κ1) is 24.9. The van der Waals surface area contributed by atoms with Gasteiger partial charge in [0.25, 0.3) is 0 Å². The third kappa shape index (κ3) is 5.39. The Kier molecular flexibility index (Phi) is 7.23. The van der Waals surface area contributed by atoms with Crippen LogP contribution in [0.2, 0.25) is 0 Å². The number of aryl methyl sites for hydroxylation is 3. The molecular weight excluding hydrogens is 462 g/mol. The van der Waals surface area contributed by atoms with Crippen molar-refractivity contribution in [1.29, 1.82) is 0 Å². The van der Waals surface area contributed by atoms with Crippen LogP contribution in [0, 0.1) is 26.7 Å². The number of piperidine rings is 1. The number of nitrogens with zero attached hydrogens (tertiary/aromatic N) is 3. The fraction of sp³-hybridized carbons (Fsp3) is 0.333. The van der Waals surface area contributed by atoms with Crippen molar-refractivity contribution in [2.45, 2.75) is 38.5 Å². The third-order valence-electron chi connectivity index (χ3n) is 6.42. The Hall–Kier alpha value is -3.23. The summed E-state index contributed by atoms with van der Waals surface area (Å²) in [5.41, 5.74) is 4.28. The molecule has 2 heterocycles. The average Bonchev–Trinajstić information content (AvgIpc) is 3.24. The van der Waals surface area contributed by atoms with Gasteiger partial charge < -0.3 is 9.42 Å². The van der Waals surface area contributed by atoms with E-state index < -0.39 is 15.9 Å². The molecule has 0 radical (unpaired) electrons. The fourth-order valence-corrected chi connectivity index (χ4v) is 6.08. The van der Waals surface area contributed by atoms with E-state index in [1.807, 2.05) is 62.4 Å². The number of hydrogen-bond acceptors (Lipinski definition) is 5. The maximum absolute atomic E-state index is 13.7. The van der Waals surface area contributed by atoms with E-state index in [1.165, 1.54) is 4.31 Å². The van der Waals surface area contributed by atoms with Gasteiger partial charge in [0.15, 0.2) is 10.7 Å². The van der Waals surface area contributed by atoms with Crippen molar-refractivity contribution in [2.24, 2.45) is 5.92 Å². The maximum Gasteiger partial charge on any atom is 0.248 e. The summed E-state index contributed by atoms with van der Waals surface area (Å²) in [5, 5.41) is 3.93. The van der Waals surface area contributed by atoms with E-state index in [0.29, 0.717) is 25.1 Å². The first-order valence-corrected chi connectivity index (χ1v) is 13.2. The molecule has 1 unspecified atom stereocenters. The Labute approximate surface area is 207 Å². The highest BCUT2D eigenvalue weighted by Crippen LogP contribution is 2.30. The van der Waals surface area contributed by atoms with Crippen LogP contribution in [0.25, 0.3) is 12.2 Å². The van der Waals surface area contributed by atoms with Gasteiger partial charge in [0, 0.05) is 25.8 Å². The van der Waals surface area contributed by atoms with Gasteiger partial charge in [-0.05, 0) is 57.4 Å². The van der Waals surface area contributed by atoms with Crippen LogP contribution in [-0.4, -0.2) is 43.9 Å². The molecule has 1 amide bonds. The quantitative estimate of drug-likeness (QED) is 0.491. The number of aromatic nitrogens is 1. The first-order chi connectivity index (χ1) is 16.7. The van der Waals surface area contributed by atoms with Crippen molar-refractivity contribution < 1.29 is 17.7 Å². The van der Waals surface area contributed by atoms with E-state index in [-0.39, 0.29) is 23.1 Å². The molecule has 1 saturated heterocycles. The van der Waals surface area contributed by atoms with E-state index in [0.717, 1.165) is 22.4 Å². The lowest BCUT2D eigenvalue weighted by Gasteiger charge is -2.33. The zero-order valence-electron chi connectivity index (χ0n) is 20.6. The summed E-state index contributed by atoms with van der Waals surface area (Å²) in [6.45, 7) is 6.10. The molecule has 0 saturated carbocycles. The molecule has 0 N–H and O–H groups in total. The highest BCUT2D eigenvalue weighted by atomic mass is 32.2. The monoisotopic (exact) mass is 493 g/mol. The number of amides is 1. The predicted molar refractivity (Wildman–Crippen MR) is 137 cm³/mol. The Morgan fingerprint density at radius 1 is 1.03 bits per heavy atom. The van der Waals surface area contributed by atoms with Crippen molar-refractivity contribution in [1.82, 2.24) is 9.46 Å². The number of carbonyl (C=O) groups is 1. The molecule has 1 aliphatic rings. The SMILES string of the molecule is Cc1ccc(C=Cc2onc(C)c2S(=O)(=O)N2CCCC(C(=O)N(C)c3ccc(C)cc3)C2)cc1. The van der Waals surface area contributed by atoms with Crippen LogP contribution in [0.3, 0.4) is 0 Å². The molecule has 7 nitrogen and oxygen atoms in total. The molecule has 1 aliphatic heterocycles. The summed E-state index contributed by atoms with van der Waals surface area (Å²) in [5.74, 6) is -0.319. The van der Waals surface area contributed by atoms with Gasteiger partial charge in [0.1, 0.15) is 5.69 Å². The lowest BCUT2D eigenvalue weighted by Crippen LogP contribution is -2.46. The second-order valence-corrected chi connectivity index (χ2v) is 11.0. The fourth-order valence-electron chi connectivity index (χ4n) is 4.31. The van der Waals surface area contributed by atoms with Crippen LogP contribution < -0.4 is 4.90 Å². The number of hydrogen-bond donors (Lipinski definition) is 0. The summed E-state index contributed by atoms with van der Waals surface area (Å²) in [7, 11) is -2.16. The molecule has 35 heavy (non-hydrogen) atoms. The molecule has 2 aromatic carbocycles. The Balaban J connectivity index is 1.55. The molecule has 184 valence electrons. The van der Waals surface area contributed by atoms with Crippen LogP contribution in [0.5, 0.6) is 0 Å². The second-order valence-electron chi connectivity index (χ2n) is 9.14. The number of carbonyl (C=O) groups excluding carboxylic acids is 1. The Bertz CT molecular complexity index is 1330. The average molecular weight is 494 g/mol. The smallest absolute Gasteiger partial charge is 0.248 e. The van der Waals surface area contributed by atoms with Gasteiger partial charge in [-0.2, -0.15) is 4.31 Å².